The fraction of sp³-hybridized carbons (Fsp3) is 0.440. The van der Waals surface area contributed by atoms with E-state index in [9.17, 15) is 0 Å². The zero-order chi connectivity index (χ0) is 23.4. The zero-order valence-electron chi connectivity index (χ0n) is 19.7. The second kappa shape index (κ2) is 10.6. The number of benzene rings is 2. The standard InChI is InChI=1S/C25H32BrN5O2/c1-31(2)24-19-7-5-6-8-21(19)29-25(30-24)28-18-11-9-17(10-12-18)27-15-16-13-20(26)23(33-4)22(14-16)32-3/h5-8,13-14,17-18,27H,9-12,15H2,1-4H3,(H,28,29,30)/t17-,18+. The maximum absolute atomic E-state index is 5.46. The van der Waals surface area contributed by atoms with E-state index < -0.39 is 0 Å². The molecule has 2 N–H and O–H groups in total. The number of fused-ring (bicyclic) bond motifs is 1. The van der Waals surface area contributed by atoms with Gasteiger partial charge in [0.25, 0.3) is 0 Å². The van der Waals surface area contributed by atoms with E-state index in [0.717, 1.165) is 64.9 Å². The van der Waals surface area contributed by atoms with E-state index in [0.29, 0.717) is 18.0 Å². The van der Waals surface area contributed by atoms with Crippen LogP contribution in [0.2, 0.25) is 0 Å². The molecule has 7 nitrogen and oxygen atoms in total. The molecule has 0 amide bonds. The van der Waals surface area contributed by atoms with Crippen molar-refractivity contribution >= 4 is 38.6 Å². The van der Waals surface area contributed by atoms with Gasteiger partial charge in [0.15, 0.2) is 11.5 Å². The maximum Gasteiger partial charge on any atom is 0.225 e. The normalized spacial score (nSPS) is 18.2. The van der Waals surface area contributed by atoms with Crippen molar-refractivity contribution in [2.75, 3.05) is 38.5 Å². The van der Waals surface area contributed by atoms with Crippen LogP contribution < -0.4 is 25.0 Å². The Balaban J connectivity index is 1.34. The van der Waals surface area contributed by atoms with Gasteiger partial charge in [0, 0.05) is 38.1 Å². The zero-order valence-corrected chi connectivity index (χ0v) is 21.3. The van der Waals surface area contributed by atoms with Crippen LogP contribution in [-0.4, -0.2) is 50.4 Å². The Kier molecular flexibility index (Phi) is 7.55. The van der Waals surface area contributed by atoms with Crippen LogP contribution in [0.1, 0.15) is 31.2 Å². The molecule has 3 aromatic rings. The Morgan fingerprint density at radius 3 is 2.42 bits per heavy atom. The Hall–Kier alpha value is -2.58. The Labute approximate surface area is 204 Å². The highest BCUT2D eigenvalue weighted by atomic mass is 79.9. The minimum absolute atomic E-state index is 0.384. The van der Waals surface area contributed by atoms with Gasteiger partial charge in [-0.1, -0.05) is 12.1 Å². The molecule has 1 aromatic heterocycles. The molecule has 0 atom stereocenters. The van der Waals surface area contributed by atoms with Gasteiger partial charge in [-0.3, -0.25) is 0 Å². The first-order chi connectivity index (χ1) is 16.0. The fourth-order valence-electron chi connectivity index (χ4n) is 4.43. The minimum atomic E-state index is 0.384. The number of methoxy groups -OCH3 is 2. The first-order valence-electron chi connectivity index (χ1n) is 11.3. The quantitative estimate of drug-likeness (QED) is 0.439. The molecule has 0 aliphatic heterocycles. The summed E-state index contributed by atoms with van der Waals surface area (Å²) in [5.74, 6) is 3.12. The van der Waals surface area contributed by atoms with Crippen molar-refractivity contribution in [3.05, 3.63) is 46.4 Å². The van der Waals surface area contributed by atoms with Gasteiger partial charge in [-0.25, -0.2) is 4.98 Å². The number of anilines is 2. The first-order valence-corrected chi connectivity index (χ1v) is 12.1. The lowest BCUT2D eigenvalue weighted by Gasteiger charge is -2.30. The Morgan fingerprint density at radius 1 is 1.00 bits per heavy atom. The molecule has 1 saturated carbocycles. The summed E-state index contributed by atoms with van der Waals surface area (Å²) < 4.78 is 11.8. The number of nitrogens with one attached hydrogen (secondary N) is 2. The third-order valence-electron chi connectivity index (χ3n) is 6.16. The molecule has 0 spiro atoms. The van der Waals surface area contributed by atoms with Crippen LogP contribution in [0.4, 0.5) is 11.8 Å². The molecule has 0 unspecified atom stereocenters. The number of hydrogen-bond acceptors (Lipinski definition) is 7. The number of para-hydroxylation sites is 1. The summed E-state index contributed by atoms with van der Waals surface area (Å²) in [6.45, 7) is 0.793. The Bertz CT molecular complexity index is 1100. The van der Waals surface area contributed by atoms with Crippen LogP contribution in [0, 0.1) is 0 Å². The van der Waals surface area contributed by atoms with E-state index >= 15 is 0 Å². The number of ether oxygens (including phenoxy) is 2. The van der Waals surface area contributed by atoms with Crippen molar-refractivity contribution in [3.63, 3.8) is 0 Å². The molecule has 1 heterocycles. The average Bonchev–Trinajstić information content (AvgIpc) is 2.82. The van der Waals surface area contributed by atoms with Crippen LogP contribution in [0.15, 0.2) is 40.9 Å². The second-order valence-corrected chi connectivity index (χ2v) is 9.52. The number of rotatable bonds is 8. The van der Waals surface area contributed by atoms with Gasteiger partial charge < -0.3 is 25.0 Å². The van der Waals surface area contributed by atoms with Gasteiger partial charge in [-0.2, -0.15) is 4.98 Å². The van der Waals surface area contributed by atoms with Crippen molar-refractivity contribution in [1.29, 1.82) is 0 Å². The summed E-state index contributed by atoms with van der Waals surface area (Å²) in [6.07, 6.45) is 4.39. The van der Waals surface area contributed by atoms with Gasteiger partial charge in [-0.15, -0.1) is 0 Å². The van der Waals surface area contributed by atoms with Crippen LogP contribution in [0.25, 0.3) is 10.9 Å². The van der Waals surface area contributed by atoms with Crippen molar-refractivity contribution in [2.24, 2.45) is 0 Å². The molecule has 1 fully saturated rings. The maximum atomic E-state index is 5.46. The van der Waals surface area contributed by atoms with E-state index in [-0.39, 0.29) is 0 Å². The summed E-state index contributed by atoms with van der Waals surface area (Å²) in [6, 6.07) is 13.2. The van der Waals surface area contributed by atoms with Crippen LogP contribution in [0.3, 0.4) is 0 Å². The predicted molar refractivity (Wildman–Crippen MR) is 138 cm³/mol. The number of halogens is 1. The van der Waals surface area contributed by atoms with Crippen LogP contribution in [-0.2, 0) is 6.54 Å². The number of nitrogens with zero attached hydrogens (tertiary/aromatic N) is 3. The Morgan fingerprint density at radius 2 is 1.73 bits per heavy atom. The second-order valence-electron chi connectivity index (χ2n) is 8.67. The third-order valence-corrected chi connectivity index (χ3v) is 6.74. The van der Waals surface area contributed by atoms with E-state index in [1.807, 2.05) is 43.3 Å². The molecule has 8 heteroatoms. The van der Waals surface area contributed by atoms with Crippen molar-refractivity contribution in [1.82, 2.24) is 15.3 Å². The van der Waals surface area contributed by atoms with E-state index in [4.69, 9.17) is 19.4 Å². The molecule has 0 saturated heterocycles. The van der Waals surface area contributed by atoms with Gasteiger partial charge in [0.1, 0.15) is 5.82 Å². The molecule has 1 aliphatic carbocycles. The first kappa shape index (κ1) is 23.6. The van der Waals surface area contributed by atoms with Crippen molar-refractivity contribution in [2.45, 2.75) is 44.3 Å². The molecular formula is C25H32BrN5O2. The largest absolute Gasteiger partial charge is 0.493 e. The fourth-order valence-corrected chi connectivity index (χ4v) is 5.08. The topological polar surface area (TPSA) is 71.5 Å². The van der Waals surface area contributed by atoms with Gasteiger partial charge in [-0.05, 0) is 71.4 Å². The van der Waals surface area contributed by atoms with Gasteiger partial charge >= 0.3 is 0 Å². The summed E-state index contributed by atoms with van der Waals surface area (Å²) in [4.78, 5) is 11.6. The van der Waals surface area contributed by atoms with Crippen molar-refractivity contribution < 1.29 is 9.47 Å². The molecule has 33 heavy (non-hydrogen) atoms. The predicted octanol–water partition coefficient (Wildman–Crippen LogP) is 4.99. The lowest BCUT2D eigenvalue weighted by Crippen LogP contribution is -2.37. The molecule has 1 aliphatic rings. The molecular weight excluding hydrogens is 482 g/mol. The molecule has 0 radical (unpaired) electrons. The summed E-state index contributed by atoms with van der Waals surface area (Å²) in [5, 5.41) is 8.36. The van der Waals surface area contributed by atoms with E-state index in [1.165, 1.54) is 5.56 Å². The van der Waals surface area contributed by atoms with Gasteiger partial charge in [0.05, 0.1) is 24.2 Å². The van der Waals surface area contributed by atoms with Crippen LogP contribution in [0.5, 0.6) is 11.5 Å². The molecule has 2 aromatic carbocycles. The summed E-state index contributed by atoms with van der Waals surface area (Å²) >= 11 is 3.58. The number of aromatic nitrogens is 2. The molecule has 4 rings (SSSR count). The lowest BCUT2D eigenvalue weighted by atomic mass is 9.91. The van der Waals surface area contributed by atoms with E-state index in [1.54, 1.807) is 14.2 Å². The van der Waals surface area contributed by atoms with E-state index in [2.05, 4.69) is 38.7 Å². The van der Waals surface area contributed by atoms with Crippen molar-refractivity contribution in [3.8, 4) is 11.5 Å². The SMILES string of the molecule is COc1cc(CN[C@H]2CC[C@@H](Nc3nc(N(C)C)c4ccccc4n3)CC2)cc(Br)c1OC. The summed E-state index contributed by atoms with van der Waals surface area (Å²) in [5.41, 5.74) is 2.13. The lowest BCUT2D eigenvalue weighted by molar-refractivity contribution is 0.347. The smallest absolute Gasteiger partial charge is 0.225 e. The highest BCUT2D eigenvalue weighted by molar-refractivity contribution is 9.10. The highest BCUT2D eigenvalue weighted by Crippen LogP contribution is 2.36. The number of hydrogen-bond donors (Lipinski definition) is 2. The van der Waals surface area contributed by atoms with Crippen LogP contribution >= 0.6 is 15.9 Å². The molecule has 176 valence electrons. The monoisotopic (exact) mass is 513 g/mol. The minimum Gasteiger partial charge on any atom is -0.493 e. The molecule has 0 bridgehead atoms. The van der Waals surface area contributed by atoms with Gasteiger partial charge in [0.2, 0.25) is 5.95 Å². The summed E-state index contributed by atoms with van der Waals surface area (Å²) in [7, 11) is 7.35. The average molecular weight is 514 g/mol. The third kappa shape index (κ3) is 5.50. The highest BCUT2D eigenvalue weighted by Gasteiger charge is 2.22.